The molecule has 222 valence electrons. The summed E-state index contributed by atoms with van der Waals surface area (Å²) in [6.45, 7) is 8.40. The first-order chi connectivity index (χ1) is 21.0. The number of anilines is 3. The fourth-order valence-electron chi connectivity index (χ4n) is 6.39. The summed E-state index contributed by atoms with van der Waals surface area (Å²) in [6.07, 6.45) is 8.15. The number of fused-ring (bicyclic) bond motifs is 1. The number of halogens is 1. The molecule has 4 aromatic rings. The lowest BCUT2D eigenvalue weighted by Gasteiger charge is -2.52. The van der Waals surface area contributed by atoms with Gasteiger partial charge in [-0.25, -0.2) is 19.3 Å². The van der Waals surface area contributed by atoms with Crippen molar-refractivity contribution in [2.45, 2.75) is 31.6 Å². The van der Waals surface area contributed by atoms with E-state index < -0.39 is 5.82 Å². The molecule has 1 amide bonds. The van der Waals surface area contributed by atoms with E-state index in [1.165, 1.54) is 18.5 Å². The van der Waals surface area contributed by atoms with Crippen LogP contribution in [0.5, 0.6) is 11.5 Å². The summed E-state index contributed by atoms with van der Waals surface area (Å²) in [7, 11) is 0. The SMILES string of the molecule is C=CC(=O)N1CCC(c2[nH]nc3ncnc(Nc4ccc(Oc5ccnc(N6CC7(CCOCC7)C6)c5)cc4F)c23)CC1. The topological polar surface area (TPSA) is 121 Å². The second-order valence-corrected chi connectivity index (χ2v) is 11.5. The predicted molar refractivity (Wildman–Crippen MR) is 159 cm³/mol. The van der Waals surface area contributed by atoms with Gasteiger partial charge in [0.2, 0.25) is 5.91 Å². The monoisotopic (exact) mass is 584 g/mol. The molecule has 0 atom stereocenters. The first kappa shape index (κ1) is 27.3. The molecule has 1 aromatic carbocycles. The Bertz CT molecular complexity index is 1650. The van der Waals surface area contributed by atoms with E-state index in [4.69, 9.17) is 9.47 Å². The largest absolute Gasteiger partial charge is 0.457 e. The molecule has 3 aliphatic heterocycles. The van der Waals surface area contributed by atoms with Crippen molar-refractivity contribution >= 4 is 34.3 Å². The lowest BCUT2D eigenvalue weighted by atomic mass is 9.73. The van der Waals surface area contributed by atoms with E-state index in [0.29, 0.717) is 46.9 Å². The molecule has 1 spiro atoms. The van der Waals surface area contributed by atoms with E-state index in [-0.39, 0.29) is 17.5 Å². The lowest BCUT2D eigenvalue weighted by Crippen LogP contribution is -2.58. The number of aromatic amines is 1. The Hall–Kier alpha value is -4.58. The molecular formula is C31H33FN8O3. The van der Waals surface area contributed by atoms with Gasteiger partial charge in [0, 0.05) is 69.1 Å². The number of pyridine rings is 1. The average molecular weight is 585 g/mol. The third kappa shape index (κ3) is 5.38. The number of hydrogen-bond donors (Lipinski definition) is 2. The third-order valence-electron chi connectivity index (χ3n) is 8.84. The summed E-state index contributed by atoms with van der Waals surface area (Å²) in [5, 5.41) is 11.3. The second-order valence-electron chi connectivity index (χ2n) is 11.5. The Balaban J connectivity index is 1.04. The van der Waals surface area contributed by atoms with Crippen molar-refractivity contribution in [3.63, 3.8) is 0 Å². The number of amides is 1. The van der Waals surface area contributed by atoms with Crippen LogP contribution in [0.15, 0.2) is 55.5 Å². The number of likely N-dealkylation sites (tertiary alicyclic amines) is 1. The highest BCUT2D eigenvalue weighted by Crippen LogP contribution is 2.42. The van der Waals surface area contributed by atoms with Crippen LogP contribution in [0.1, 0.15) is 37.3 Å². The van der Waals surface area contributed by atoms with Gasteiger partial charge in [0.1, 0.15) is 35.3 Å². The van der Waals surface area contributed by atoms with Gasteiger partial charge in [-0.2, -0.15) is 5.10 Å². The van der Waals surface area contributed by atoms with E-state index >= 15 is 4.39 Å². The number of nitrogens with zero attached hydrogens (tertiary/aromatic N) is 6. The molecule has 3 saturated heterocycles. The van der Waals surface area contributed by atoms with Gasteiger partial charge in [-0.05, 0) is 50.0 Å². The highest BCUT2D eigenvalue weighted by atomic mass is 19.1. The van der Waals surface area contributed by atoms with Crippen LogP contribution in [0, 0.1) is 11.2 Å². The van der Waals surface area contributed by atoms with Gasteiger partial charge >= 0.3 is 0 Å². The first-order valence-corrected chi connectivity index (χ1v) is 14.6. The zero-order valence-corrected chi connectivity index (χ0v) is 23.8. The first-order valence-electron chi connectivity index (χ1n) is 14.6. The molecule has 12 heteroatoms. The minimum atomic E-state index is -0.482. The predicted octanol–water partition coefficient (Wildman–Crippen LogP) is 4.93. The van der Waals surface area contributed by atoms with Crippen molar-refractivity contribution in [2.75, 3.05) is 49.6 Å². The molecule has 3 aromatic heterocycles. The summed E-state index contributed by atoms with van der Waals surface area (Å²) >= 11 is 0. The number of rotatable bonds is 7. The number of piperidine rings is 1. The maximum atomic E-state index is 15.4. The van der Waals surface area contributed by atoms with Crippen LogP contribution in [0.4, 0.5) is 21.7 Å². The van der Waals surface area contributed by atoms with Crippen molar-refractivity contribution in [1.29, 1.82) is 0 Å². The zero-order valence-electron chi connectivity index (χ0n) is 23.8. The van der Waals surface area contributed by atoms with Crippen molar-refractivity contribution in [2.24, 2.45) is 5.41 Å². The highest BCUT2D eigenvalue weighted by Gasteiger charge is 2.44. The normalized spacial score (nSPS) is 18.4. The molecular weight excluding hydrogens is 551 g/mol. The molecule has 2 N–H and O–H groups in total. The number of carbonyl (C=O) groups excluding carboxylic acids is 1. The summed E-state index contributed by atoms with van der Waals surface area (Å²) in [4.78, 5) is 29.3. The molecule has 3 aliphatic rings. The van der Waals surface area contributed by atoms with Crippen molar-refractivity contribution < 1.29 is 18.7 Å². The lowest BCUT2D eigenvalue weighted by molar-refractivity contribution is -0.127. The number of nitrogens with one attached hydrogen (secondary N) is 2. The Morgan fingerprint density at radius 3 is 2.67 bits per heavy atom. The minimum Gasteiger partial charge on any atom is -0.457 e. The van der Waals surface area contributed by atoms with Gasteiger partial charge in [0.25, 0.3) is 0 Å². The van der Waals surface area contributed by atoms with Gasteiger partial charge < -0.3 is 24.6 Å². The number of benzene rings is 1. The molecule has 0 saturated carbocycles. The number of H-pyrrole nitrogens is 1. The van der Waals surface area contributed by atoms with Gasteiger partial charge in [-0.3, -0.25) is 9.89 Å². The molecule has 11 nitrogen and oxygen atoms in total. The molecule has 7 rings (SSSR count). The van der Waals surface area contributed by atoms with E-state index in [1.807, 2.05) is 6.07 Å². The van der Waals surface area contributed by atoms with Crippen LogP contribution in [0.25, 0.3) is 11.0 Å². The summed E-state index contributed by atoms with van der Waals surface area (Å²) in [6, 6.07) is 8.36. The highest BCUT2D eigenvalue weighted by molar-refractivity contribution is 5.91. The van der Waals surface area contributed by atoms with E-state index in [0.717, 1.165) is 63.5 Å². The molecule has 0 bridgehead atoms. The maximum absolute atomic E-state index is 15.4. The van der Waals surface area contributed by atoms with Crippen molar-refractivity contribution in [3.8, 4) is 11.5 Å². The van der Waals surface area contributed by atoms with Crippen LogP contribution < -0.4 is 15.0 Å². The fourth-order valence-corrected chi connectivity index (χ4v) is 6.39. The summed E-state index contributed by atoms with van der Waals surface area (Å²) in [5.74, 6) is 1.88. The van der Waals surface area contributed by atoms with Crippen molar-refractivity contribution in [1.82, 2.24) is 30.0 Å². The third-order valence-corrected chi connectivity index (χ3v) is 8.84. The smallest absolute Gasteiger partial charge is 0.245 e. The van der Waals surface area contributed by atoms with Gasteiger partial charge in [-0.15, -0.1) is 0 Å². The maximum Gasteiger partial charge on any atom is 0.245 e. The molecule has 0 unspecified atom stereocenters. The molecule has 0 radical (unpaired) electrons. The van der Waals surface area contributed by atoms with Crippen molar-refractivity contribution in [3.05, 3.63) is 67.0 Å². The van der Waals surface area contributed by atoms with Crippen LogP contribution in [-0.2, 0) is 9.53 Å². The number of carbonyl (C=O) groups is 1. The van der Waals surface area contributed by atoms with Crippen LogP contribution >= 0.6 is 0 Å². The fraction of sp³-hybridized carbons (Fsp3) is 0.387. The average Bonchev–Trinajstić information content (AvgIpc) is 3.47. The Kier molecular flexibility index (Phi) is 7.13. The van der Waals surface area contributed by atoms with Crippen LogP contribution in [0.3, 0.4) is 0 Å². The number of hydrogen-bond acceptors (Lipinski definition) is 9. The zero-order chi connectivity index (χ0) is 29.4. The Morgan fingerprint density at radius 2 is 1.91 bits per heavy atom. The quantitative estimate of drug-likeness (QED) is 0.291. The Morgan fingerprint density at radius 1 is 1.12 bits per heavy atom. The van der Waals surface area contributed by atoms with Gasteiger partial charge in [0.15, 0.2) is 5.65 Å². The number of aromatic nitrogens is 5. The molecule has 0 aliphatic carbocycles. The molecule has 43 heavy (non-hydrogen) atoms. The van der Waals surface area contributed by atoms with Crippen LogP contribution in [0.2, 0.25) is 0 Å². The summed E-state index contributed by atoms with van der Waals surface area (Å²) < 4.78 is 26.9. The molecule has 3 fully saturated rings. The van der Waals surface area contributed by atoms with Crippen LogP contribution in [-0.4, -0.2) is 75.3 Å². The van der Waals surface area contributed by atoms with Gasteiger partial charge in [0.05, 0.1) is 16.8 Å². The Labute approximate surface area is 248 Å². The van der Waals surface area contributed by atoms with E-state index in [2.05, 4.69) is 41.9 Å². The minimum absolute atomic E-state index is 0.0643. The second kappa shape index (κ2) is 11.3. The van der Waals surface area contributed by atoms with E-state index in [9.17, 15) is 4.79 Å². The van der Waals surface area contributed by atoms with Gasteiger partial charge in [-0.1, -0.05) is 6.58 Å². The molecule has 6 heterocycles. The standard InChI is InChI=1S/C31H33FN8O3/c1-2-26(41)39-11-6-20(7-12-39)28-27-29(34-19-35-30(27)38-37-28)36-24-4-3-21(15-23(24)32)43-22-5-10-33-25(16-22)40-17-31(18-40)8-13-42-14-9-31/h2-5,10,15-16,19-20H,1,6-9,11-14,17-18H2,(H2,34,35,36,37,38). The summed E-state index contributed by atoms with van der Waals surface area (Å²) in [5.41, 5.74) is 1.96. The number of ether oxygens (including phenoxy) is 2. The van der Waals surface area contributed by atoms with E-state index in [1.54, 1.807) is 29.3 Å².